The highest BCUT2D eigenvalue weighted by Gasteiger charge is 2.25. The molecular formula is C18H28F2N4OS. The topological polar surface area (TPSA) is 48.9 Å². The number of unbranched alkanes of at least 4 members (excludes halogenated alkanes) is 1. The van der Waals surface area contributed by atoms with Crippen molar-refractivity contribution in [2.24, 2.45) is 4.99 Å². The third kappa shape index (κ3) is 6.55. The van der Waals surface area contributed by atoms with E-state index < -0.39 is 6.61 Å². The molecule has 0 spiro atoms. The van der Waals surface area contributed by atoms with Gasteiger partial charge >= 0.3 is 6.61 Å². The molecule has 1 unspecified atom stereocenters. The number of para-hydroxylation sites is 2. The molecule has 0 bridgehead atoms. The molecule has 0 radical (unpaired) electrons. The Bertz CT molecular complexity index is 574. The quantitative estimate of drug-likeness (QED) is 0.388. The molecule has 1 aromatic carbocycles. The van der Waals surface area contributed by atoms with Crippen LogP contribution in [0.5, 0.6) is 5.75 Å². The van der Waals surface area contributed by atoms with E-state index >= 15 is 0 Å². The van der Waals surface area contributed by atoms with Gasteiger partial charge < -0.3 is 20.3 Å². The summed E-state index contributed by atoms with van der Waals surface area (Å²) in [7, 11) is 1.76. The maximum Gasteiger partial charge on any atom is 0.387 e. The second kappa shape index (κ2) is 11.1. The number of halogens is 2. The van der Waals surface area contributed by atoms with Crippen molar-refractivity contribution in [2.45, 2.75) is 31.9 Å². The van der Waals surface area contributed by atoms with E-state index in [0.29, 0.717) is 5.69 Å². The molecule has 2 N–H and O–H groups in total. The predicted molar refractivity (Wildman–Crippen MR) is 106 cm³/mol. The van der Waals surface area contributed by atoms with E-state index in [1.807, 2.05) is 23.9 Å². The highest BCUT2D eigenvalue weighted by atomic mass is 32.2. The van der Waals surface area contributed by atoms with Gasteiger partial charge in [0, 0.05) is 32.7 Å². The zero-order chi connectivity index (χ0) is 18.8. The van der Waals surface area contributed by atoms with E-state index in [9.17, 15) is 8.78 Å². The summed E-state index contributed by atoms with van der Waals surface area (Å²) in [5, 5.41) is 6.75. The van der Waals surface area contributed by atoms with Crippen LogP contribution in [0.15, 0.2) is 29.3 Å². The smallest absolute Gasteiger partial charge is 0.387 e. The van der Waals surface area contributed by atoms with Crippen LogP contribution in [0.2, 0.25) is 0 Å². The molecule has 1 aliphatic heterocycles. The number of hydrogen-bond acceptors (Lipinski definition) is 4. The van der Waals surface area contributed by atoms with Crippen LogP contribution >= 0.6 is 11.8 Å². The number of aliphatic imine (C=N–C) groups is 1. The normalized spacial score (nSPS) is 17.7. The Labute approximate surface area is 158 Å². The van der Waals surface area contributed by atoms with Crippen molar-refractivity contribution in [3.8, 4) is 5.75 Å². The third-order valence-electron chi connectivity index (χ3n) is 4.24. The summed E-state index contributed by atoms with van der Waals surface area (Å²) < 4.78 is 29.8. The van der Waals surface area contributed by atoms with Crippen LogP contribution in [0.25, 0.3) is 0 Å². The van der Waals surface area contributed by atoms with Gasteiger partial charge in [0.25, 0.3) is 0 Å². The number of hydrogen-bond donors (Lipinski definition) is 2. The Kier molecular flexibility index (Phi) is 8.80. The number of nitrogens with zero attached hydrogens (tertiary/aromatic N) is 2. The average molecular weight is 387 g/mol. The molecule has 8 heteroatoms. The fourth-order valence-electron chi connectivity index (χ4n) is 2.98. The Hall–Kier alpha value is -1.70. The van der Waals surface area contributed by atoms with Gasteiger partial charge in [-0.15, -0.1) is 0 Å². The molecule has 1 heterocycles. The van der Waals surface area contributed by atoms with Crippen molar-refractivity contribution >= 4 is 23.4 Å². The molecule has 1 fully saturated rings. The summed E-state index contributed by atoms with van der Waals surface area (Å²) in [6.07, 6.45) is 5.32. The molecule has 0 aliphatic carbocycles. The number of thioether (sulfide) groups is 1. The standard InChI is InChI=1S/C18H28F2N4OS/c1-21-18(22-10-5-6-12-26-2)23-14-9-11-24(13-14)15-7-3-4-8-16(15)25-17(19)20/h3-4,7-8,14,17H,5-6,9-13H2,1-2H3,(H2,21,22,23). The summed E-state index contributed by atoms with van der Waals surface area (Å²) in [5.41, 5.74) is 0.706. The maximum absolute atomic E-state index is 12.6. The molecule has 1 aliphatic rings. The first kappa shape index (κ1) is 20.6. The van der Waals surface area contributed by atoms with Gasteiger partial charge in [0.1, 0.15) is 5.75 Å². The van der Waals surface area contributed by atoms with Crippen molar-refractivity contribution < 1.29 is 13.5 Å². The molecule has 0 saturated carbocycles. The maximum atomic E-state index is 12.6. The van der Waals surface area contributed by atoms with E-state index in [0.717, 1.165) is 38.4 Å². The van der Waals surface area contributed by atoms with Crippen LogP contribution in [-0.4, -0.2) is 57.3 Å². The molecule has 1 aromatic rings. The van der Waals surface area contributed by atoms with Crippen LogP contribution < -0.4 is 20.3 Å². The number of guanidine groups is 1. The van der Waals surface area contributed by atoms with Crippen LogP contribution in [0, 0.1) is 0 Å². The fourth-order valence-corrected chi connectivity index (χ4v) is 3.47. The van der Waals surface area contributed by atoms with Gasteiger partial charge in [-0.3, -0.25) is 4.99 Å². The minimum atomic E-state index is -2.82. The van der Waals surface area contributed by atoms with Crippen molar-refractivity contribution in [3.63, 3.8) is 0 Å². The zero-order valence-electron chi connectivity index (χ0n) is 15.4. The van der Waals surface area contributed by atoms with E-state index in [2.05, 4.69) is 31.5 Å². The number of anilines is 1. The second-order valence-corrected chi connectivity index (χ2v) is 7.11. The zero-order valence-corrected chi connectivity index (χ0v) is 16.2. The molecule has 146 valence electrons. The van der Waals surface area contributed by atoms with Crippen LogP contribution in [-0.2, 0) is 0 Å². The Morgan fingerprint density at radius 2 is 2.19 bits per heavy atom. The van der Waals surface area contributed by atoms with E-state index in [-0.39, 0.29) is 11.8 Å². The van der Waals surface area contributed by atoms with Gasteiger partial charge in [0.15, 0.2) is 5.96 Å². The molecule has 2 rings (SSSR count). The lowest BCUT2D eigenvalue weighted by Gasteiger charge is -2.22. The van der Waals surface area contributed by atoms with E-state index in [1.165, 1.54) is 12.2 Å². The molecule has 26 heavy (non-hydrogen) atoms. The van der Waals surface area contributed by atoms with Crippen LogP contribution in [0.1, 0.15) is 19.3 Å². The van der Waals surface area contributed by atoms with Crippen molar-refractivity contribution in [3.05, 3.63) is 24.3 Å². The number of ether oxygens (including phenoxy) is 1. The van der Waals surface area contributed by atoms with Gasteiger partial charge in [0.05, 0.1) is 5.69 Å². The minimum absolute atomic E-state index is 0.215. The molecule has 5 nitrogen and oxygen atoms in total. The van der Waals surface area contributed by atoms with Crippen LogP contribution in [0.4, 0.5) is 14.5 Å². The number of alkyl halides is 2. The van der Waals surface area contributed by atoms with Crippen LogP contribution in [0.3, 0.4) is 0 Å². The highest BCUT2D eigenvalue weighted by Crippen LogP contribution is 2.31. The minimum Gasteiger partial charge on any atom is -0.433 e. The lowest BCUT2D eigenvalue weighted by Crippen LogP contribution is -2.44. The summed E-state index contributed by atoms with van der Waals surface area (Å²) in [4.78, 5) is 6.34. The van der Waals surface area contributed by atoms with E-state index in [1.54, 1.807) is 19.2 Å². The molecule has 1 atom stereocenters. The highest BCUT2D eigenvalue weighted by molar-refractivity contribution is 7.98. The molecular weight excluding hydrogens is 358 g/mol. The van der Waals surface area contributed by atoms with Crippen molar-refractivity contribution in [2.75, 3.05) is 43.6 Å². The molecule has 0 amide bonds. The summed E-state index contributed by atoms with van der Waals surface area (Å²) in [6.45, 7) is -0.424. The monoisotopic (exact) mass is 386 g/mol. The fraction of sp³-hybridized carbons (Fsp3) is 0.611. The van der Waals surface area contributed by atoms with Gasteiger partial charge in [0.2, 0.25) is 0 Å². The average Bonchev–Trinajstić information content (AvgIpc) is 3.09. The van der Waals surface area contributed by atoms with Gasteiger partial charge in [-0.1, -0.05) is 12.1 Å². The van der Waals surface area contributed by atoms with Gasteiger partial charge in [-0.25, -0.2) is 0 Å². The number of rotatable bonds is 9. The SMILES string of the molecule is CN=C(NCCCCSC)NC1CCN(c2ccccc2OC(F)F)C1. The predicted octanol–water partition coefficient (Wildman–Crippen LogP) is 3.17. The third-order valence-corrected chi connectivity index (χ3v) is 4.94. The first-order valence-electron chi connectivity index (χ1n) is 8.89. The number of nitrogens with one attached hydrogen (secondary N) is 2. The first-order valence-corrected chi connectivity index (χ1v) is 10.3. The molecule has 1 saturated heterocycles. The lowest BCUT2D eigenvalue weighted by molar-refractivity contribution is -0.0495. The number of benzene rings is 1. The van der Waals surface area contributed by atoms with Gasteiger partial charge in [-0.05, 0) is 43.4 Å². The summed E-state index contributed by atoms with van der Waals surface area (Å²) >= 11 is 1.86. The largest absolute Gasteiger partial charge is 0.433 e. The Morgan fingerprint density at radius 1 is 1.38 bits per heavy atom. The second-order valence-electron chi connectivity index (χ2n) is 6.12. The van der Waals surface area contributed by atoms with Crippen molar-refractivity contribution in [1.82, 2.24) is 10.6 Å². The lowest BCUT2D eigenvalue weighted by atomic mass is 10.2. The first-order chi connectivity index (χ1) is 12.6. The Balaban J connectivity index is 1.84. The van der Waals surface area contributed by atoms with E-state index in [4.69, 9.17) is 0 Å². The van der Waals surface area contributed by atoms with Crippen molar-refractivity contribution in [1.29, 1.82) is 0 Å². The molecule has 0 aromatic heterocycles. The Morgan fingerprint density at radius 3 is 2.92 bits per heavy atom. The summed E-state index contributed by atoms with van der Waals surface area (Å²) in [6, 6.07) is 7.15. The summed E-state index contributed by atoms with van der Waals surface area (Å²) in [5.74, 6) is 2.18. The van der Waals surface area contributed by atoms with Gasteiger partial charge in [-0.2, -0.15) is 20.5 Å².